The predicted octanol–water partition coefficient (Wildman–Crippen LogP) is 2.03. The zero-order valence-electron chi connectivity index (χ0n) is 12.3. The van der Waals surface area contributed by atoms with Crippen LogP contribution in [0.25, 0.3) is 0 Å². The van der Waals surface area contributed by atoms with Gasteiger partial charge in [-0.2, -0.15) is 0 Å². The highest BCUT2D eigenvalue weighted by atomic mass is 16.5. The molecule has 1 heterocycles. The van der Waals surface area contributed by atoms with Crippen molar-refractivity contribution in [1.29, 1.82) is 0 Å². The minimum atomic E-state index is -0.0949. The van der Waals surface area contributed by atoms with E-state index in [4.69, 9.17) is 4.74 Å². The number of nitrogens with zero attached hydrogens (tertiary/aromatic N) is 2. The van der Waals surface area contributed by atoms with Crippen molar-refractivity contribution in [2.24, 2.45) is 0 Å². The van der Waals surface area contributed by atoms with Crippen LogP contribution in [0.4, 0.5) is 0 Å². The number of imidazole rings is 1. The Kier molecular flexibility index (Phi) is 5.82. The maximum atomic E-state index is 11.7. The van der Waals surface area contributed by atoms with Gasteiger partial charge in [0.05, 0.1) is 6.33 Å². The zero-order valence-corrected chi connectivity index (χ0v) is 12.3. The topological polar surface area (TPSA) is 56.1 Å². The van der Waals surface area contributed by atoms with E-state index in [0.717, 1.165) is 25.1 Å². The quantitative estimate of drug-likeness (QED) is 0.756. The van der Waals surface area contributed by atoms with Gasteiger partial charge in [0.25, 0.3) is 5.91 Å². The Hall–Kier alpha value is -2.30. The second-order valence-corrected chi connectivity index (χ2v) is 4.79. The van der Waals surface area contributed by atoms with Crippen molar-refractivity contribution >= 4 is 5.91 Å². The molecule has 1 aromatic heterocycles. The number of aromatic nitrogens is 2. The SMILES string of the molecule is CCc1cccc(OCC(=O)NCCCn2ccnc2)c1. The monoisotopic (exact) mass is 287 g/mol. The number of aryl methyl sites for hydroxylation is 2. The number of carbonyl (C=O) groups is 1. The average Bonchev–Trinajstić information content (AvgIpc) is 3.03. The molecule has 0 saturated heterocycles. The van der Waals surface area contributed by atoms with E-state index in [-0.39, 0.29) is 12.5 Å². The van der Waals surface area contributed by atoms with Crippen LogP contribution in [-0.4, -0.2) is 28.6 Å². The molecule has 1 aromatic carbocycles. The highest BCUT2D eigenvalue weighted by Gasteiger charge is 2.02. The number of rotatable bonds is 8. The third-order valence-corrected chi connectivity index (χ3v) is 3.15. The zero-order chi connectivity index (χ0) is 14.9. The van der Waals surface area contributed by atoms with Crippen LogP contribution in [-0.2, 0) is 17.8 Å². The minimum Gasteiger partial charge on any atom is -0.484 e. The van der Waals surface area contributed by atoms with E-state index < -0.39 is 0 Å². The smallest absolute Gasteiger partial charge is 0.257 e. The number of carbonyl (C=O) groups excluding carboxylic acids is 1. The highest BCUT2D eigenvalue weighted by molar-refractivity contribution is 5.77. The molecule has 5 heteroatoms. The lowest BCUT2D eigenvalue weighted by molar-refractivity contribution is -0.123. The van der Waals surface area contributed by atoms with Crippen LogP contribution >= 0.6 is 0 Å². The molecule has 0 spiro atoms. The van der Waals surface area contributed by atoms with Crippen LogP contribution in [0.1, 0.15) is 18.9 Å². The van der Waals surface area contributed by atoms with Crippen LogP contribution < -0.4 is 10.1 Å². The van der Waals surface area contributed by atoms with Crippen molar-refractivity contribution in [3.05, 3.63) is 48.5 Å². The maximum absolute atomic E-state index is 11.7. The first kappa shape index (κ1) is 15.1. The Balaban J connectivity index is 1.62. The molecule has 0 bridgehead atoms. The molecule has 2 aromatic rings. The summed E-state index contributed by atoms with van der Waals surface area (Å²) in [7, 11) is 0. The Morgan fingerprint density at radius 1 is 1.43 bits per heavy atom. The third-order valence-electron chi connectivity index (χ3n) is 3.15. The molecule has 0 atom stereocenters. The van der Waals surface area contributed by atoms with Gasteiger partial charge < -0.3 is 14.6 Å². The largest absolute Gasteiger partial charge is 0.484 e. The molecule has 2 rings (SSSR count). The fraction of sp³-hybridized carbons (Fsp3) is 0.375. The summed E-state index contributed by atoms with van der Waals surface area (Å²) in [6.45, 7) is 3.62. The first-order valence-corrected chi connectivity index (χ1v) is 7.22. The molecule has 0 unspecified atom stereocenters. The maximum Gasteiger partial charge on any atom is 0.257 e. The van der Waals surface area contributed by atoms with E-state index in [1.165, 1.54) is 5.56 Å². The fourth-order valence-corrected chi connectivity index (χ4v) is 1.96. The number of hydrogen-bond acceptors (Lipinski definition) is 3. The van der Waals surface area contributed by atoms with Crippen molar-refractivity contribution < 1.29 is 9.53 Å². The number of nitrogens with one attached hydrogen (secondary N) is 1. The lowest BCUT2D eigenvalue weighted by Gasteiger charge is -2.08. The van der Waals surface area contributed by atoms with E-state index in [1.807, 2.05) is 35.0 Å². The molecule has 1 amide bonds. The molecule has 112 valence electrons. The Morgan fingerprint density at radius 2 is 2.33 bits per heavy atom. The molecular formula is C16H21N3O2. The van der Waals surface area contributed by atoms with Crippen LogP contribution in [0, 0.1) is 0 Å². The fourth-order valence-electron chi connectivity index (χ4n) is 1.96. The van der Waals surface area contributed by atoms with E-state index >= 15 is 0 Å². The second kappa shape index (κ2) is 8.09. The molecule has 1 N–H and O–H groups in total. The molecule has 5 nitrogen and oxygen atoms in total. The summed E-state index contributed by atoms with van der Waals surface area (Å²) in [4.78, 5) is 15.6. The van der Waals surface area contributed by atoms with Crippen molar-refractivity contribution in [2.45, 2.75) is 26.3 Å². The van der Waals surface area contributed by atoms with Gasteiger partial charge in [0, 0.05) is 25.5 Å². The van der Waals surface area contributed by atoms with E-state index in [2.05, 4.69) is 17.2 Å². The van der Waals surface area contributed by atoms with Gasteiger partial charge in [-0.1, -0.05) is 19.1 Å². The molecule has 0 radical (unpaired) electrons. The number of ether oxygens (including phenoxy) is 1. The van der Waals surface area contributed by atoms with Gasteiger partial charge in [0.1, 0.15) is 5.75 Å². The predicted molar refractivity (Wildman–Crippen MR) is 81.2 cm³/mol. The summed E-state index contributed by atoms with van der Waals surface area (Å²) in [6, 6.07) is 7.82. The highest BCUT2D eigenvalue weighted by Crippen LogP contribution is 2.13. The van der Waals surface area contributed by atoms with Crippen molar-refractivity contribution in [1.82, 2.24) is 14.9 Å². The van der Waals surface area contributed by atoms with Gasteiger partial charge in [-0.25, -0.2) is 4.98 Å². The van der Waals surface area contributed by atoms with Gasteiger partial charge in [-0.05, 0) is 30.5 Å². The van der Waals surface area contributed by atoms with Gasteiger partial charge in [0.2, 0.25) is 0 Å². The summed E-state index contributed by atoms with van der Waals surface area (Å²) < 4.78 is 7.47. The minimum absolute atomic E-state index is 0.0538. The molecule has 0 aliphatic heterocycles. The Bertz CT molecular complexity index is 552. The van der Waals surface area contributed by atoms with Crippen LogP contribution in [0.3, 0.4) is 0 Å². The molecule has 0 saturated carbocycles. The summed E-state index contributed by atoms with van der Waals surface area (Å²) in [6.07, 6.45) is 7.25. The lowest BCUT2D eigenvalue weighted by Crippen LogP contribution is -2.30. The molecule has 0 aliphatic carbocycles. The first-order chi connectivity index (χ1) is 10.3. The molecule has 0 fully saturated rings. The van der Waals surface area contributed by atoms with Gasteiger partial charge in [-0.3, -0.25) is 4.79 Å². The first-order valence-electron chi connectivity index (χ1n) is 7.22. The number of amides is 1. The molecular weight excluding hydrogens is 266 g/mol. The Labute approximate surface area is 125 Å². The van der Waals surface area contributed by atoms with Crippen LogP contribution in [0.2, 0.25) is 0 Å². The second-order valence-electron chi connectivity index (χ2n) is 4.79. The van der Waals surface area contributed by atoms with Crippen LogP contribution in [0.15, 0.2) is 43.0 Å². The third kappa shape index (κ3) is 5.30. The number of benzene rings is 1. The van der Waals surface area contributed by atoms with E-state index in [1.54, 1.807) is 12.5 Å². The van der Waals surface area contributed by atoms with Crippen molar-refractivity contribution in [3.8, 4) is 5.75 Å². The summed E-state index contributed by atoms with van der Waals surface area (Å²) in [5, 5.41) is 2.85. The van der Waals surface area contributed by atoms with Crippen LogP contribution in [0.5, 0.6) is 5.75 Å². The van der Waals surface area contributed by atoms with Gasteiger partial charge >= 0.3 is 0 Å². The van der Waals surface area contributed by atoms with Gasteiger partial charge in [-0.15, -0.1) is 0 Å². The van der Waals surface area contributed by atoms with Crippen molar-refractivity contribution in [3.63, 3.8) is 0 Å². The summed E-state index contributed by atoms with van der Waals surface area (Å²) in [5.74, 6) is 0.644. The standard InChI is InChI=1S/C16H21N3O2/c1-2-14-5-3-6-15(11-14)21-12-16(20)18-7-4-9-19-10-8-17-13-19/h3,5-6,8,10-11,13H,2,4,7,9,12H2,1H3,(H,18,20). The summed E-state index contributed by atoms with van der Waals surface area (Å²) >= 11 is 0. The normalized spacial score (nSPS) is 10.3. The van der Waals surface area contributed by atoms with E-state index in [0.29, 0.717) is 6.54 Å². The molecule has 21 heavy (non-hydrogen) atoms. The number of hydrogen-bond donors (Lipinski definition) is 1. The average molecular weight is 287 g/mol. The van der Waals surface area contributed by atoms with Crippen molar-refractivity contribution in [2.75, 3.05) is 13.2 Å². The lowest BCUT2D eigenvalue weighted by atomic mass is 10.2. The van der Waals surface area contributed by atoms with E-state index in [9.17, 15) is 4.79 Å². The molecule has 0 aliphatic rings. The Morgan fingerprint density at radius 3 is 3.10 bits per heavy atom. The summed E-state index contributed by atoms with van der Waals surface area (Å²) in [5.41, 5.74) is 1.20. The van der Waals surface area contributed by atoms with Gasteiger partial charge in [0.15, 0.2) is 6.61 Å².